The van der Waals surface area contributed by atoms with E-state index in [1.54, 1.807) is 26.0 Å². The van der Waals surface area contributed by atoms with E-state index in [1.165, 1.54) is 12.3 Å². The number of aromatic nitrogens is 1. The first-order valence-electron chi connectivity index (χ1n) is 6.79. The van der Waals surface area contributed by atoms with Gasteiger partial charge >= 0.3 is 6.18 Å². The van der Waals surface area contributed by atoms with Crippen LogP contribution in [0.2, 0.25) is 5.02 Å². The summed E-state index contributed by atoms with van der Waals surface area (Å²) in [4.78, 5) is 8.55. The molecule has 3 rings (SSSR count). The normalized spacial score (nSPS) is 16.3. The number of pyridine rings is 1. The van der Waals surface area contributed by atoms with E-state index in [-0.39, 0.29) is 11.3 Å². The van der Waals surface area contributed by atoms with Gasteiger partial charge in [0.25, 0.3) is 0 Å². The lowest BCUT2D eigenvalue weighted by atomic mass is 10.00. The molecule has 1 aliphatic heterocycles. The highest BCUT2D eigenvalue weighted by molar-refractivity contribution is 6.35. The number of fused-ring (bicyclic) bond motifs is 1. The number of hydrogen-bond donors (Lipinski definition) is 0. The van der Waals surface area contributed by atoms with E-state index >= 15 is 0 Å². The lowest BCUT2D eigenvalue weighted by Gasteiger charge is -2.30. The van der Waals surface area contributed by atoms with E-state index in [4.69, 9.17) is 16.3 Å². The molecule has 7 heteroatoms. The van der Waals surface area contributed by atoms with E-state index in [0.29, 0.717) is 16.5 Å². The highest BCUT2D eigenvalue weighted by Crippen LogP contribution is 2.38. The number of alkyl halides is 3. The van der Waals surface area contributed by atoms with Crippen molar-refractivity contribution in [3.05, 3.63) is 58.4 Å². The van der Waals surface area contributed by atoms with Gasteiger partial charge in [0, 0.05) is 11.8 Å². The molecule has 2 heterocycles. The predicted octanol–water partition coefficient (Wildman–Crippen LogP) is 4.72. The van der Waals surface area contributed by atoms with Crippen LogP contribution in [-0.4, -0.2) is 16.4 Å². The Balaban J connectivity index is 2.23. The third-order valence-electron chi connectivity index (χ3n) is 3.29. The SMILES string of the molecule is CC1(C)N=C(c2ncccc2Cl)c2cc(C(F)(F)F)ccc2O1. The highest BCUT2D eigenvalue weighted by atomic mass is 35.5. The Hall–Kier alpha value is -2.08. The fraction of sp³-hybridized carbons (Fsp3) is 0.250. The fourth-order valence-corrected chi connectivity index (χ4v) is 2.55. The maximum absolute atomic E-state index is 13.0. The molecule has 120 valence electrons. The first-order valence-corrected chi connectivity index (χ1v) is 7.16. The standard InChI is InChI=1S/C16H12ClF3N2O/c1-15(2)22-13(14-11(17)4-3-7-21-14)10-8-9(16(18,19)20)5-6-12(10)23-15/h3-8H,1-2H3. The summed E-state index contributed by atoms with van der Waals surface area (Å²) in [6.07, 6.45) is -2.94. The van der Waals surface area contributed by atoms with Crippen LogP contribution in [0.15, 0.2) is 41.5 Å². The molecule has 0 unspecified atom stereocenters. The molecule has 3 nitrogen and oxygen atoms in total. The first kappa shape index (κ1) is 15.8. The topological polar surface area (TPSA) is 34.5 Å². The van der Waals surface area contributed by atoms with E-state index in [0.717, 1.165) is 12.1 Å². The van der Waals surface area contributed by atoms with Crippen molar-refractivity contribution >= 4 is 17.3 Å². The lowest BCUT2D eigenvalue weighted by molar-refractivity contribution is -0.137. The summed E-state index contributed by atoms with van der Waals surface area (Å²) in [6.45, 7) is 3.43. The molecule has 0 N–H and O–H groups in total. The molecule has 1 aromatic heterocycles. The summed E-state index contributed by atoms with van der Waals surface area (Å²) in [5.74, 6) is 0.315. The summed E-state index contributed by atoms with van der Waals surface area (Å²) >= 11 is 6.14. The summed E-state index contributed by atoms with van der Waals surface area (Å²) in [5, 5.41) is 0.312. The van der Waals surface area contributed by atoms with Crippen molar-refractivity contribution in [2.75, 3.05) is 0 Å². The number of nitrogens with zero attached hydrogens (tertiary/aromatic N) is 2. The minimum atomic E-state index is -4.46. The summed E-state index contributed by atoms with van der Waals surface area (Å²) in [6, 6.07) is 6.55. The molecular weight excluding hydrogens is 329 g/mol. The number of ether oxygens (including phenoxy) is 1. The third-order valence-corrected chi connectivity index (χ3v) is 3.59. The van der Waals surface area contributed by atoms with E-state index < -0.39 is 17.5 Å². The van der Waals surface area contributed by atoms with Crippen molar-refractivity contribution in [2.45, 2.75) is 25.7 Å². The average molecular weight is 341 g/mol. The lowest BCUT2D eigenvalue weighted by Crippen LogP contribution is -2.33. The van der Waals surface area contributed by atoms with Crippen LogP contribution in [0.5, 0.6) is 5.75 Å². The monoisotopic (exact) mass is 340 g/mol. The van der Waals surface area contributed by atoms with Gasteiger partial charge in [0.1, 0.15) is 17.2 Å². The first-order chi connectivity index (χ1) is 10.7. The van der Waals surface area contributed by atoms with Crippen molar-refractivity contribution in [2.24, 2.45) is 4.99 Å². The molecule has 0 spiro atoms. The van der Waals surface area contributed by atoms with Crippen molar-refractivity contribution in [1.82, 2.24) is 4.98 Å². The van der Waals surface area contributed by atoms with E-state index in [2.05, 4.69) is 9.98 Å². The minimum Gasteiger partial charge on any atom is -0.466 e. The van der Waals surface area contributed by atoms with Crippen LogP contribution in [0.1, 0.15) is 30.7 Å². The Kier molecular flexibility index (Phi) is 3.59. The minimum absolute atomic E-state index is 0.222. The Morgan fingerprint density at radius 2 is 1.91 bits per heavy atom. The van der Waals surface area contributed by atoms with Crippen molar-refractivity contribution < 1.29 is 17.9 Å². The van der Waals surface area contributed by atoms with Gasteiger partial charge in [0.15, 0.2) is 5.72 Å². The molecule has 0 atom stereocenters. The van der Waals surface area contributed by atoms with Crippen molar-refractivity contribution in [3.8, 4) is 5.75 Å². The second-order valence-electron chi connectivity index (χ2n) is 5.55. The van der Waals surface area contributed by atoms with Gasteiger partial charge < -0.3 is 4.74 Å². The van der Waals surface area contributed by atoms with Gasteiger partial charge in [-0.2, -0.15) is 13.2 Å². The average Bonchev–Trinajstić information content (AvgIpc) is 2.44. The van der Waals surface area contributed by atoms with Crippen molar-refractivity contribution in [3.63, 3.8) is 0 Å². The van der Waals surface area contributed by atoms with Gasteiger partial charge in [0.2, 0.25) is 0 Å². The van der Waals surface area contributed by atoms with E-state index in [9.17, 15) is 13.2 Å². The number of aliphatic imine (C=N–C) groups is 1. The zero-order valence-electron chi connectivity index (χ0n) is 12.3. The third kappa shape index (κ3) is 3.03. The largest absolute Gasteiger partial charge is 0.466 e. The number of benzene rings is 1. The van der Waals surface area contributed by atoms with Crippen LogP contribution < -0.4 is 4.74 Å². The predicted molar refractivity (Wildman–Crippen MR) is 81.0 cm³/mol. The van der Waals surface area contributed by atoms with Crippen LogP contribution in [0.4, 0.5) is 13.2 Å². The van der Waals surface area contributed by atoms with Gasteiger partial charge in [-0.25, -0.2) is 4.99 Å². The second-order valence-corrected chi connectivity index (χ2v) is 5.96. The molecule has 0 saturated heterocycles. The Bertz CT molecular complexity index is 800. The van der Waals surface area contributed by atoms with Crippen LogP contribution in [0.3, 0.4) is 0 Å². The molecule has 0 bridgehead atoms. The van der Waals surface area contributed by atoms with Gasteiger partial charge in [-0.15, -0.1) is 0 Å². The van der Waals surface area contributed by atoms with E-state index in [1.807, 2.05) is 0 Å². The molecule has 0 fully saturated rings. The molecule has 23 heavy (non-hydrogen) atoms. The van der Waals surface area contributed by atoms with Gasteiger partial charge in [-0.05, 0) is 44.2 Å². The highest BCUT2D eigenvalue weighted by Gasteiger charge is 2.35. The number of hydrogen-bond acceptors (Lipinski definition) is 3. The molecule has 2 aromatic rings. The van der Waals surface area contributed by atoms with Crippen molar-refractivity contribution in [1.29, 1.82) is 0 Å². The quantitative estimate of drug-likeness (QED) is 0.752. The maximum atomic E-state index is 13.0. The molecule has 0 radical (unpaired) electrons. The number of halogens is 4. The smallest absolute Gasteiger partial charge is 0.416 e. The van der Waals surface area contributed by atoms with Crippen LogP contribution in [0, 0.1) is 0 Å². The summed E-state index contributed by atoms with van der Waals surface area (Å²) in [7, 11) is 0. The molecule has 1 aliphatic rings. The van der Waals surface area contributed by atoms with Crippen LogP contribution in [0.25, 0.3) is 0 Å². The zero-order chi connectivity index (χ0) is 16.8. The maximum Gasteiger partial charge on any atom is 0.416 e. The molecule has 0 saturated carbocycles. The summed E-state index contributed by atoms with van der Waals surface area (Å²) in [5.41, 5.74) is -0.874. The fourth-order valence-electron chi connectivity index (χ4n) is 2.34. The Morgan fingerprint density at radius 3 is 2.57 bits per heavy atom. The zero-order valence-corrected chi connectivity index (χ0v) is 13.0. The van der Waals surface area contributed by atoms with Gasteiger partial charge in [0.05, 0.1) is 10.6 Å². The van der Waals surface area contributed by atoms with Crippen LogP contribution in [-0.2, 0) is 6.18 Å². The number of rotatable bonds is 1. The van der Waals surface area contributed by atoms with Gasteiger partial charge in [-0.3, -0.25) is 4.98 Å². The Labute approximate surface area is 135 Å². The molecule has 0 aliphatic carbocycles. The molecular formula is C16H12ClF3N2O. The summed E-state index contributed by atoms with van der Waals surface area (Å²) < 4.78 is 44.6. The second kappa shape index (κ2) is 5.23. The molecule has 1 aromatic carbocycles. The molecule has 0 amide bonds. The van der Waals surface area contributed by atoms with Crippen LogP contribution >= 0.6 is 11.6 Å². The Morgan fingerprint density at radius 1 is 1.17 bits per heavy atom. The van der Waals surface area contributed by atoms with Gasteiger partial charge in [-0.1, -0.05) is 11.6 Å².